The highest BCUT2D eigenvalue weighted by atomic mass is 16.7. The summed E-state index contributed by atoms with van der Waals surface area (Å²) in [6, 6.07) is 5.78. The van der Waals surface area contributed by atoms with Gasteiger partial charge in [0.1, 0.15) is 0 Å². The van der Waals surface area contributed by atoms with Gasteiger partial charge in [-0.15, -0.1) is 4.98 Å². The number of nitrogens with zero attached hydrogens (tertiary/aromatic N) is 4. The number of piperidine rings is 1. The Labute approximate surface area is 161 Å². The molecule has 10 heteroatoms. The molecule has 1 aromatic carbocycles. The van der Waals surface area contributed by atoms with E-state index in [1.807, 2.05) is 11.0 Å². The summed E-state index contributed by atoms with van der Waals surface area (Å²) < 4.78 is 20.8. The lowest BCUT2D eigenvalue weighted by Crippen LogP contribution is -2.39. The molecule has 1 amide bonds. The van der Waals surface area contributed by atoms with Gasteiger partial charge >= 0.3 is 12.0 Å². The fourth-order valence-corrected chi connectivity index (χ4v) is 3.21. The van der Waals surface area contributed by atoms with Gasteiger partial charge in [-0.25, -0.2) is 0 Å². The summed E-state index contributed by atoms with van der Waals surface area (Å²) in [5.41, 5.74) is 0.698. The molecule has 0 radical (unpaired) electrons. The molecule has 0 unspecified atom stereocenters. The van der Waals surface area contributed by atoms with Gasteiger partial charge in [-0.05, 0) is 25.0 Å². The second-order valence-electron chi connectivity index (χ2n) is 6.43. The van der Waals surface area contributed by atoms with Crippen molar-refractivity contribution < 1.29 is 23.7 Å². The zero-order valence-corrected chi connectivity index (χ0v) is 15.7. The molecule has 1 aromatic heterocycles. The molecule has 3 heterocycles. The Morgan fingerprint density at radius 1 is 1.07 bits per heavy atom. The van der Waals surface area contributed by atoms with E-state index in [0.29, 0.717) is 49.1 Å². The van der Waals surface area contributed by atoms with E-state index in [2.05, 4.69) is 20.3 Å². The Morgan fingerprint density at radius 3 is 2.43 bits per heavy atom. The van der Waals surface area contributed by atoms with Crippen LogP contribution in [0.3, 0.4) is 0 Å². The number of rotatable bonds is 5. The van der Waals surface area contributed by atoms with Crippen LogP contribution in [-0.4, -0.2) is 55.0 Å². The van der Waals surface area contributed by atoms with Crippen LogP contribution in [0.1, 0.15) is 12.8 Å². The van der Waals surface area contributed by atoms with Crippen molar-refractivity contribution in [2.24, 2.45) is 5.92 Å². The summed E-state index contributed by atoms with van der Waals surface area (Å²) >= 11 is 0. The van der Waals surface area contributed by atoms with Gasteiger partial charge in [-0.3, -0.25) is 4.79 Å². The quantitative estimate of drug-likeness (QED) is 0.816. The molecule has 1 N–H and O–H groups in total. The number of aromatic nitrogens is 3. The number of ether oxygens (including phenoxy) is 4. The number of methoxy groups -OCH3 is 2. The van der Waals surface area contributed by atoms with E-state index in [1.165, 1.54) is 14.2 Å². The summed E-state index contributed by atoms with van der Waals surface area (Å²) in [7, 11) is 2.98. The summed E-state index contributed by atoms with van der Waals surface area (Å²) in [4.78, 5) is 27.2. The van der Waals surface area contributed by atoms with Crippen LogP contribution >= 0.6 is 0 Å². The minimum absolute atomic E-state index is 0.00989. The van der Waals surface area contributed by atoms with E-state index in [4.69, 9.17) is 18.9 Å². The van der Waals surface area contributed by atoms with Gasteiger partial charge in [0.05, 0.1) is 14.2 Å². The Balaban J connectivity index is 1.37. The molecule has 1 saturated heterocycles. The number of nitrogens with one attached hydrogen (secondary N) is 1. The lowest BCUT2D eigenvalue weighted by atomic mass is 9.96. The SMILES string of the molecule is COc1nc(OC)nc(N2CCC(C(=O)Nc3ccc4c(c3)OCO4)CC2)n1. The van der Waals surface area contributed by atoms with Crippen molar-refractivity contribution in [3.63, 3.8) is 0 Å². The summed E-state index contributed by atoms with van der Waals surface area (Å²) in [5.74, 6) is 1.72. The minimum Gasteiger partial charge on any atom is -0.467 e. The molecular formula is C18H21N5O5. The molecule has 4 rings (SSSR count). The zero-order valence-electron chi connectivity index (χ0n) is 15.7. The van der Waals surface area contributed by atoms with E-state index in [9.17, 15) is 4.79 Å². The zero-order chi connectivity index (χ0) is 19.5. The number of fused-ring (bicyclic) bond motifs is 1. The molecule has 0 atom stereocenters. The number of amides is 1. The fourth-order valence-electron chi connectivity index (χ4n) is 3.21. The van der Waals surface area contributed by atoms with Crippen LogP contribution in [0, 0.1) is 5.92 Å². The molecule has 1 fully saturated rings. The van der Waals surface area contributed by atoms with Crippen LogP contribution in [-0.2, 0) is 4.79 Å². The lowest BCUT2D eigenvalue weighted by molar-refractivity contribution is -0.120. The van der Waals surface area contributed by atoms with E-state index < -0.39 is 0 Å². The molecule has 2 aromatic rings. The summed E-state index contributed by atoms with van der Waals surface area (Å²) in [6.45, 7) is 1.50. The van der Waals surface area contributed by atoms with Crippen LogP contribution in [0.15, 0.2) is 18.2 Å². The molecule has 2 aliphatic rings. The first-order chi connectivity index (χ1) is 13.7. The minimum atomic E-state index is -0.0905. The fraction of sp³-hybridized carbons (Fsp3) is 0.444. The molecule has 0 aliphatic carbocycles. The van der Waals surface area contributed by atoms with E-state index in [-0.39, 0.29) is 30.6 Å². The van der Waals surface area contributed by atoms with E-state index in [1.54, 1.807) is 12.1 Å². The third-order valence-electron chi connectivity index (χ3n) is 4.74. The highest BCUT2D eigenvalue weighted by Gasteiger charge is 2.27. The number of anilines is 2. The number of hydrogen-bond acceptors (Lipinski definition) is 9. The van der Waals surface area contributed by atoms with Crippen LogP contribution in [0.5, 0.6) is 23.5 Å². The lowest BCUT2D eigenvalue weighted by Gasteiger charge is -2.31. The Morgan fingerprint density at radius 2 is 1.75 bits per heavy atom. The molecule has 10 nitrogen and oxygen atoms in total. The van der Waals surface area contributed by atoms with Gasteiger partial charge in [-0.1, -0.05) is 0 Å². The van der Waals surface area contributed by atoms with Crippen molar-refractivity contribution in [2.75, 3.05) is 44.3 Å². The van der Waals surface area contributed by atoms with Crippen molar-refractivity contribution in [2.45, 2.75) is 12.8 Å². The average molecular weight is 387 g/mol. The van der Waals surface area contributed by atoms with Crippen molar-refractivity contribution >= 4 is 17.5 Å². The molecule has 28 heavy (non-hydrogen) atoms. The topological polar surface area (TPSA) is 108 Å². The number of benzene rings is 1. The van der Waals surface area contributed by atoms with Gasteiger partial charge in [0, 0.05) is 30.8 Å². The van der Waals surface area contributed by atoms with Crippen LogP contribution in [0.2, 0.25) is 0 Å². The maximum absolute atomic E-state index is 12.6. The predicted octanol–water partition coefficient (Wildman–Crippen LogP) is 1.47. The average Bonchev–Trinajstić information content (AvgIpc) is 3.21. The van der Waals surface area contributed by atoms with Crippen molar-refractivity contribution in [1.29, 1.82) is 0 Å². The van der Waals surface area contributed by atoms with E-state index in [0.717, 1.165) is 0 Å². The third-order valence-corrected chi connectivity index (χ3v) is 4.74. The van der Waals surface area contributed by atoms with Gasteiger partial charge < -0.3 is 29.2 Å². The van der Waals surface area contributed by atoms with Gasteiger partial charge in [0.25, 0.3) is 0 Å². The van der Waals surface area contributed by atoms with Crippen LogP contribution < -0.4 is 29.2 Å². The molecule has 148 valence electrons. The monoisotopic (exact) mass is 387 g/mol. The number of carbonyl (C=O) groups excluding carboxylic acids is 1. The first-order valence-corrected chi connectivity index (χ1v) is 8.96. The van der Waals surface area contributed by atoms with Crippen molar-refractivity contribution in [3.8, 4) is 23.5 Å². The molecule has 0 bridgehead atoms. The standard InChI is InChI=1S/C18H21N5O5/c1-25-17-20-16(21-18(22-17)26-2)23-7-5-11(6-8-23)15(24)19-12-3-4-13-14(9-12)28-10-27-13/h3-4,9,11H,5-8,10H2,1-2H3,(H,19,24). The first-order valence-electron chi connectivity index (χ1n) is 8.96. The maximum Gasteiger partial charge on any atom is 0.324 e. The highest BCUT2D eigenvalue weighted by molar-refractivity contribution is 5.93. The molecule has 0 spiro atoms. The molecular weight excluding hydrogens is 366 g/mol. The predicted molar refractivity (Wildman–Crippen MR) is 99.1 cm³/mol. The normalized spacial score (nSPS) is 16.0. The smallest absolute Gasteiger partial charge is 0.324 e. The largest absolute Gasteiger partial charge is 0.467 e. The van der Waals surface area contributed by atoms with Gasteiger partial charge in [-0.2, -0.15) is 9.97 Å². The second kappa shape index (κ2) is 7.75. The third kappa shape index (κ3) is 3.71. The second-order valence-corrected chi connectivity index (χ2v) is 6.43. The number of carbonyl (C=O) groups is 1. The van der Waals surface area contributed by atoms with E-state index >= 15 is 0 Å². The van der Waals surface area contributed by atoms with Crippen molar-refractivity contribution in [3.05, 3.63) is 18.2 Å². The number of hydrogen-bond donors (Lipinski definition) is 1. The van der Waals surface area contributed by atoms with Gasteiger partial charge in [0.15, 0.2) is 11.5 Å². The Hall–Kier alpha value is -3.30. The molecule has 2 aliphatic heterocycles. The molecule has 0 saturated carbocycles. The van der Waals surface area contributed by atoms with Gasteiger partial charge in [0.2, 0.25) is 18.6 Å². The van der Waals surface area contributed by atoms with Crippen LogP contribution in [0.25, 0.3) is 0 Å². The maximum atomic E-state index is 12.6. The Bertz CT molecular complexity index is 847. The summed E-state index contributed by atoms with van der Waals surface area (Å²) in [6.07, 6.45) is 1.37. The first kappa shape index (κ1) is 18.1. The summed E-state index contributed by atoms with van der Waals surface area (Å²) in [5, 5.41) is 2.96. The highest BCUT2D eigenvalue weighted by Crippen LogP contribution is 2.34. The van der Waals surface area contributed by atoms with Crippen LogP contribution in [0.4, 0.5) is 11.6 Å². The van der Waals surface area contributed by atoms with Crippen molar-refractivity contribution in [1.82, 2.24) is 15.0 Å². The Kier molecular flexibility index (Phi) is 5.00.